The van der Waals surface area contributed by atoms with Crippen LogP contribution >= 0.6 is 11.3 Å². The molecule has 0 unspecified atom stereocenters. The average Bonchev–Trinajstić information content (AvgIpc) is 3.36. The molecule has 3 aromatic carbocycles. The monoisotopic (exact) mass is 487 g/mol. The van der Waals surface area contributed by atoms with Crippen molar-refractivity contribution in [3.8, 4) is 11.5 Å². The van der Waals surface area contributed by atoms with Gasteiger partial charge in [0.05, 0.1) is 23.8 Å². The molecule has 4 aromatic rings. The Kier molecular flexibility index (Phi) is 6.88. The summed E-state index contributed by atoms with van der Waals surface area (Å²) in [4.78, 5) is 18.7. The molecule has 0 saturated carbocycles. The molecule has 1 aliphatic heterocycles. The molecule has 6 nitrogen and oxygen atoms in total. The van der Waals surface area contributed by atoms with Crippen LogP contribution in [0.15, 0.2) is 72.8 Å². The molecule has 1 fully saturated rings. The molecule has 0 atom stereocenters. The van der Waals surface area contributed by atoms with Crippen molar-refractivity contribution in [2.75, 3.05) is 50.6 Å². The van der Waals surface area contributed by atoms with Crippen LogP contribution < -0.4 is 19.7 Å². The lowest BCUT2D eigenvalue weighted by molar-refractivity contribution is 0.103. The number of piperazine rings is 1. The maximum absolute atomic E-state index is 13.2. The molecule has 1 aromatic heterocycles. The molecule has 0 spiro atoms. The number of hydrogen-bond donors (Lipinski definition) is 1. The highest BCUT2D eigenvalue weighted by Crippen LogP contribution is 2.39. The number of ether oxygens (including phenoxy) is 2. The molecule has 0 radical (unpaired) electrons. The summed E-state index contributed by atoms with van der Waals surface area (Å²) in [6.07, 6.45) is 0. The number of rotatable bonds is 7. The fraction of sp³-hybridized carbons (Fsp3) is 0.250. The van der Waals surface area contributed by atoms with Gasteiger partial charge in [0.1, 0.15) is 11.5 Å². The Morgan fingerprint density at radius 2 is 1.57 bits per heavy atom. The van der Waals surface area contributed by atoms with Gasteiger partial charge >= 0.3 is 0 Å². The van der Waals surface area contributed by atoms with Crippen LogP contribution in [0.4, 0.5) is 11.4 Å². The lowest BCUT2D eigenvalue weighted by atomic mass is 10.1. The second-order valence-corrected chi connectivity index (χ2v) is 9.59. The van der Waals surface area contributed by atoms with Crippen LogP contribution in [-0.2, 0) is 6.54 Å². The minimum atomic E-state index is -0.128. The summed E-state index contributed by atoms with van der Waals surface area (Å²) in [5.74, 6) is 1.34. The highest BCUT2D eigenvalue weighted by Gasteiger charge is 2.20. The number of fused-ring (bicyclic) bond motifs is 1. The number of carbonyl (C=O) groups excluding carboxylic acids is 1. The van der Waals surface area contributed by atoms with Crippen molar-refractivity contribution >= 4 is 38.7 Å². The molecular formula is C28H29N3O3S. The van der Waals surface area contributed by atoms with E-state index in [-0.39, 0.29) is 5.91 Å². The van der Waals surface area contributed by atoms with Gasteiger partial charge in [-0.1, -0.05) is 36.4 Å². The van der Waals surface area contributed by atoms with E-state index >= 15 is 0 Å². The summed E-state index contributed by atoms with van der Waals surface area (Å²) in [6.45, 7) is 4.74. The minimum absolute atomic E-state index is 0.128. The minimum Gasteiger partial charge on any atom is -0.496 e. The number of para-hydroxylation sites is 2. The first-order valence-electron chi connectivity index (χ1n) is 11.7. The van der Waals surface area contributed by atoms with Crippen LogP contribution in [0.25, 0.3) is 10.1 Å². The van der Waals surface area contributed by atoms with Gasteiger partial charge in [-0.05, 0) is 42.0 Å². The number of thiophene rings is 1. The van der Waals surface area contributed by atoms with Crippen LogP contribution in [0.2, 0.25) is 0 Å². The Labute approximate surface area is 209 Å². The lowest BCUT2D eigenvalue weighted by Gasteiger charge is -2.36. The van der Waals surface area contributed by atoms with Crippen molar-refractivity contribution in [2.45, 2.75) is 6.54 Å². The van der Waals surface area contributed by atoms with Crippen molar-refractivity contribution in [2.24, 2.45) is 0 Å². The van der Waals surface area contributed by atoms with Gasteiger partial charge in [0.2, 0.25) is 0 Å². The summed E-state index contributed by atoms with van der Waals surface area (Å²) in [5.41, 5.74) is 3.24. The first-order chi connectivity index (χ1) is 17.2. The van der Waals surface area contributed by atoms with Crippen LogP contribution in [0.5, 0.6) is 11.5 Å². The van der Waals surface area contributed by atoms with Gasteiger partial charge in [-0.3, -0.25) is 9.69 Å². The normalized spacial score (nSPS) is 14.2. The number of anilines is 2. The van der Waals surface area contributed by atoms with E-state index in [4.69, 9.17) is 9.47 Å². The standard InChI is InChI=1S/C28H29N3O3S/c1-33-24-12-13-25(34-2)27-22(24)18-26(35-27)28(32)29-23-11-7-6-8-20(23)19-30-14-16-31(17-15-30)21-9-4-3-5-10-21/h3-13,18H,14-17,19H2,1-2H3,(H,29,32). The van der Waals surface area contributed by atoms with E-state index in [1.807, 2.05) is 36.4 Å². The molecule has 1 saturated heterocycles. The Bertz CT molecular complexity index is 1270. The third kappa shape index (κ3) is 4.97. The highest BCUT2D eigenvalue weighted by molar-refractivity contribution is 7.21. The van der Waals surface area contributed by atoms with E-state index in [9.17, 15) is 4.79 Å². The first kappa shape index (κ1) is 23.2. The number of nitrogens with zero attached hydrogens (tertiary/aromatic N) is 2. The molecule has 0 bridgehead atoms. The number of nitrogens with one attached hydrogen (secondary N) is 1. The number of methoxy groups -OCH3 is 2. The molecule has 1 amide bonds. The number of amides is 1. The SMILES string of the molecule is COc1ccc(OC)c2sc(C(=O)Nc3ccccc3CN3CCN(c4ccccc4)CC3)cc12. The number of carbonyl (C=O) groups is 1. The smallest absolute Gasteiger partial charge is 0.265 e. The third-order valence-electron chi connectivity index (χ3n) is 6.42. The van der Waals surface area contributed by atoms with Crippen LogP contribution in [0.1, 0.15) is 15.2 Å². The quantitative estimate of drug-likeness (QED) is 0.373. The van der Waals surface area contributed by atoms with Gasteiger partial charge in [0.25, 0.3) is 5.91 Å². The zero-order chi connectivity index (χ0) is 24.2. The Morgan fingerprint density at radius 1 is 0.886 bits per heavy atom. The molecule has 0 aliphatic carbocycles. The second kappa shape index (κ2) is 10.4. The lowest BCUT2D eigenvalue weighted by Crippen LogP contribution is -2.46. The van der Waals surface area contributed by atoms with E-state index in [0.29, 0.717) is 4.88 Å². The Morgan fingerprint density at radius 3 is 2.31 bits per heavy atom. The van der Waals surface area contributed by atoms with Gasteiger partial charge < -0.3 is 19.7 Å². The zero-order valence-corrected chi connectivity index (χ0v) is 20.8. The van der Waals surface area contributed by atoms with Crippen molar-refractivity contribution < 1.29 is 14.3 Å². The molecule has 1 N–H and O–H groups in total. The fourth-order valence-corrected chi connectivity index (χ4v) is 5.59. The van der Waals surface area contributed by atoms with E-state index in [1.165, 1.54) is 17.0 Å². The second-order valence-electron chi connectivity index (χ2n) is 8.53. The number of benzene rings is 3. The molecule has 180 valence electrons. The molecule has 1 aliphatic rings. The molecule has 2 heterocycles. The first-order valence-corrected chi connectivity index (χ1v) is 12.5. The van der Waals surface area contributed by atoms with Crippen molar-refractivity contribution in [3.63, 3.8) is 0 Å². The summed E-state index contributed by atoms with van der Waals surface area (Å²) in [5, 5.41) is 4.02. The molecule has 5 rings (SSSR count). The van der Waals surface area contributed by atoms with Gasteiger partial charge in [-0.25, -0.2) is 0 Å². The van der Waals surface area contributed by atoms with Crippen LogP contribution in [-0.4, -0.2) is 51.2 Å². The molecule has 7 heteroatoms. The van der Waals surface area contributed by atoms with Crippen LogP contribution in [0, 0.1) is 0 Å². The average molecular weight is 488 g/mol. The summed E-state index contributed by atoms with van der Waals surface area (Å²) < 4.78 is 11.9. The Hall–Kier alpha value is -3.55. The van der Waals surface area contributed by atoms with Gasteiger partial charge in [0.15, 0.2) is 0 Å². The Balaban J connectivity index is 1.29. The highest BCUT2D eigenvalue weighted by atomic mass is 32.1. The summed E-state index contributed by atoms with van der Waals surface area (Å²) >= 11 is 1.41. The van der Waals surface area contributed by atoms with Gasteiger partial charge in [-0.2, -0.15) is 0 Å². The van der Waals surface area contributed by atoms with Crippen molar-refractivity contribution in [1.82, 2.24) is 4.90 Å². The summed E-state index contributed by atoms with van der Waals surface area (Å²) in [7, 11) is 3.27. The predicted molar refractivity (Wildman–Crippen MR) is 143 cm³/mol. The fourth-order valence-electron chi connectivity index (χ4n) is 4.53. The third-order valence-corrected chi connectivity index (χ3v) is 7.57. The van der Waals surface area contributed by atoms with Gasteiger partial charge in [0, 0.05) is 49.5 Å². The predicted octanol–water partition coefficient (Wildman–Crippen LogP) is 5.49. The maximum atomic E-state index is 13.2. The van der Waals surface area contributed by atoms with Crippen molar-refractivity contribution in [1.29, 1.82) is 0 Å². The van der Waals surface area contributed by atoms with Gasteiger partial charge in [-0.15, -0.1) is 11.3 Å². The number of hydrogen-bond acceptors (Lipinski definition) is 6. The summed E-state index contributed by atoms with van der Waals surface area (Å²) in [6, 6.07) is 24.2. The van der Waals surface area contributed by atoms with Crippen molar-refractivity contribution in [3.05, 3.63) is 83.2 Å². The maximum Gasteiger partial charge on any atom is 0.265 e. The largest absolute Gasteiger partial charge is 0.496 e. The van der Waals surface area contributed by atoms with E-state index in [0.717, 1.165) is 65.6 Å². The molecule has 35 heavy (non-hydrogen) atoms. The van der Waals surface area contributed by atoms with E-state index < -0.39 is 0 Å². The zero-order valence-electron chi connectivity index (χ0n) is 20.0. The van der Waals surface area contributed by atoms with E-state index in [2.05, 4.69) is 51.5 Å². The van der Waals surface area contributed by atoms with Crippen LogP contribution in [0.3, 0.4) is 0 Å². The topological polar surface area (TPSA) is 54.0 Å². The molecular weight excluding hydrogens is 458 g/mol. The van der Waals surface area contributed by atoms with E-state index in [1.54, 1.807) is 14.2 Å².